The maximum Gasteiger partial charge on any atom is 0.409 e. The highest BCUT2D eigenvalue weighted by molar-refractivity contribution is 5.77. The molecule has 1 fully saturated rings. The lowest BCUT2D eigenvalue weighted by molar-refractivity contribution is -0.282. The van der Waals surface area contributed by atoms with Crippen molar-refractivity contribution < 1.29 is 57.1 Å². The van der Waals surface area contributed by atoms with E-state index in [1.807, 2.05) is 0 Å². The van der Waals surface area contributed by atoms with Crippen LogP contribution >= 0.6 is 0 Å². The molecular formula is C24H33N3O12. The van der Waals surface area contributed by atoms with Crippen LogP contribution in [0.15, 0.2) is 18.3 Å². The lowest BCUT2D eigenvalue weighted by Crippen LogP contribution is -2.64. The van der Waals surface area contributed by atoms with Crippen LogP contribution in [0.2, 0.25) is 0 Å². The molecule has 1 N–H and O–H groups in total. The van der Waals surface area contributed by atoms with Gasteiger partial charge in [0.25, 0.3) is 0 Å². The highest BCUT2D eigenvalue weighted by atomic mass is 16.7. The van der Waals surface area contributed by atoms with Crippen LogP contribution in [0.4, 0.5) is 4.79 Å². The fourth-order valence-electron chi connectivity index (χ4n) is 3.55. The lowest BCUT2D eigenvalue weighted by Gasteiger charge is -2.43. The summed E-state index contributed by atoms with van der Waals surface area (Å²) in [6.07, 6.45) is -6.94. The van der Waals surface area contributed by atoms with Gasteiger partial charge in [-0.1, -0.05) is 0 Å². The molecule has 0 unspecified atom stereocenters. The first-order chi connectivity index (χ1) is 18.5. The van der Waals surface area contributed by atoms with E-state index in [-0.39, 0.29) is 18.1 Å². The number of carbonyl (C=O) groups excluding carboxylic acids is 5. The van der Waals surface area contributed by atoms with Gasteiger partial charge in [-0.2, -0.15) is 0 Å². The number of likely N-dealkylation sites (N-methyl/N-ethyl adjacent to an activating group) is 2. The molecule has 0 spiro atoms. The first-order valence-corrected chi connectivity index (χ1v) is 11.9. The van der Waals surface area contributed by atoms with E-state index in [1.54, 1.807) is 14.1 Å². The zero-order valence-corrected chi connectivity index (χ0v) is 22.5. The van der Waals surface area contributed by atoms with Crippen LogP contribution in [0.3, 0.4) is 0 Å². The number of nitrogens with zero attached hydrogens (tertiary/aromatic N) is 2. The molecule has 1 aliphatic heterocycles. The van der Waals surface area contributed by atoms with E-state index in [9.17, 15) is 24.0 Å². The van der Waals surface area contributed by atoms with Gasteiger partial charge in [-0.25, -0.2) is 9.59 Å². The smallest absolute Gasteiger partial charge is 0.409 e. The van der Waals surface area contributed by atoms with Crippen LogP contribution in [-0.2, 0) is 54.2 Å². The van der Waals surface area contributed by atoms with E-state index in [2.05, 4.69) is 10.3 Å². The molecule has 1 aromatic heterocycles. The quantitative estimate of drug-likeness (QED) is 0.283. The Hall–Kier alpha value is -3.98. The third kappa shape index (κ3) is 9.07. The number of nitrogens with one attached hydrogen (secondary N) is 1. The van der Waals surface area contributed by atoms with E-state index >= 15 is 0 Å². The van der Waals surface area contributed by atoms with Gasteiger partial charge in [-0.05, 0) is 19.2 Å². The summed E-state index contributed by atoms with van der Waals surface area (Å²) in [5, 5.41) is 2.92. The second-order valence-electron chi connectivity index (χ2n) is 8.32. The average Bonchev–Trinajstić information content (AvgIpc) is 2.88. The molecular weight excluding hydrogens is 522 g/mol. The summed E-state index contributed by atoms with van der Waals surface area (Å²) in [5.41, 5.74) is 0.166. The third-order valence-electron chi connectivity index (χ3n) is 5.27. The Labute approximate surface area is 224 Å². The Morgan fingerprint density at radius 2 is 1.62 bits per heavy atom. The first kappa shape index (κ1) is 31.2. The van der Waals surface area contributed by atoms with Gasteiger partial charge in [0.1, 0.15) is 18.1 Å². The second-order valence-corrected chi connectivity index (χ2v) is 8.32. The minimum absolute atomic E-state index is 0.0430. The van der Waals surface area contributed by atoms with E-state index < -0.39 is 60.7 Å². The molecule has 1 aliphatic rings. The van der Waals surface area contributed by atoms with Crippen molar-refractivity contribution in [2.75, 3.05) is 34.3 Å². The molecule has 0 bridgehead atoms. The molecule has 15 nitrogen and oxygen atoms in total. The van der Waals surface area contributed by atoms with Gasteiger partial charge in [-0.15, -0.1) is 0 Å². The lowest BCUT2D eigenvalue weighted by atomic mass is 9.97. The zero-order chi connectivity index (χ0) is 29.1. The van der Waals surface area contributed by atoms with Crippen LogP contribution < -0.4 is 10.1 Å². The fourth-order valence-corrected chi connectivity index (χ4v) is 3.55. The predicted octanol–water partition coefficient (Wildman–Crippen LogP) is -0.0588. The Balaban J connectivity index is 2.40. The van der Waals surface area contributed by atoms with Crippen LogP contribution in [0.5, 0.6) is 5.75 Å². The topological polar surface area (TPSA) is 178 Å². The van der Waals surface area contributed by atoms with Gasteiger partial charge in [0.15, 0.2) is 18.3 Å². The summed E-state index contributed by atoms with van der Waals surface area (Å²) < 4.78 is 37.6. The van der Waals surface area contributed by atoms with Crippen molar-refractivity contribution in [2.45, 2.75) is 58.1 Å². The maximum atomic E-state index is 12.6. The number of esters is 4. The Morgan fingerprint density at radius 1 is 1.00 bits per heavy atom. The number of hydrogen-bond donors (Lipinski definition) is 1. The minimum Gasteiger partial charge on any atom is -0.467 e. The molecule has 216 valence electrons. The van der Waals surface area contributed by atoms with Gasteiger partial charge in [0.05, 0.1) is 7.11 Å². The van der Waals surface area contributed by atoms with Crippen LogP contribution in [0.25, 0.3) is 0 Å². The number of pyridine rings is 1. The number of ether oxygens (including phenoxy) is 7. The molecule has 2 heterocycles. The number of methoxy groups -OCH3 is 1. The monoisotopic (exact) mass is 555 g/mol. The molecule has 1 aromatic rings. The Morgan fingerprint density at radius 3 is 2.21 bits per heavy atom. The summed E-state index contributed by atoms with van der Waals surface area (Å²) in [7, 11) is 4.39. The maximum absolute atomic E-state index is 12.6. The van der Waals surface area contributed by atoms with Gasteiger partial charge >= 0.3 is 30.0 Å². The summed E-state index contributed by atoms with van der Waals surface area (Å²) in [6, 6.07) is 2.99. The number of amides is 1. The van der Waals surface area contributed by atoms with Crippen LogP contribution in [0, 0.1) is 0 Å². The molecule has 0 aliphatic carbocycles. The molecule has 0 saturated carbocycles. The molecule has 1 saturated heterocycles. The highest BCUT2D eigenvalue weighted by Gasteiger charge is 2.56. The van der Waals surface area contributed by atoms with Crippen LogP contribution in [-0.4, -0.2) is 105 Å². The zero-order valence-electron chi connectivity index (χ0n) is 22.5. The molecule has 0 aromatic carbocycles. The number of carbonyl (C=O) groups is 5. The van der Waals surface area contributed by atoms with Crippen molar-refractivity contribution >= 4 is 30.0 Å². The standard InChI is InChI=1S/C24H33N3O12/c1-13(28)35-18-19(36-14(2)29)21(37-15(3)30)23(39-20(18)22(31)33-6)38-17-8-7-9-26-16(17)12-34-24(32)27(5)11-10-25-4/h7-9,18-21,23,25H,10-12H2,1-6H3/t18-,19-,20-,21+,23+/m0/s1. The number of aromatic nitrogens is 1. The number of hydrogen-bond acceptors (Lipinski definition) is 14. The van der Waals surface area contributed by atoms with Crippen molar-refractivity contribution in [2.24, 2.45) is 0 Å². The highest BCUT2D eigenvalue weighted by Crippen LogP contribution is 2.32. The van der Waals surface area contributed by atoms with Crippen molar-refractivity contribution in [3.05, 3.63) is 24.0 Å². The first-order valence-electron chi connectivity index (χ1n) is 11.9. The Bertz CT molecular complexity index is 1040. The summed E-state index contributed by atoms with van der Waals surface area (Å²) in [5.74, 6) is -3.39. The average molecular weight is 556 g/mol. The van der Waals surface area contributed by atoms with Crippen molar-refractivity contribution in [3.63, 3.8) is 0 Å². The van der Waals surface area contributed by atoms with E-state index in [1.165, 1.54) is 23.2 Å². The van der Waals surface area contributed by atoms with E-state index in [4.69, 9.17) is 33.2 Å². The summed E-state index contributed by atoms with van der Waals surface area (Å²) in [6.45, 7) is 3.90. The third-order valence-corrected chi connectivity index (χ3v) is 5.27. The molecule has 0 radical (unpaired) electrons. The van der Waals surface area contributed by atoms with E-state index in [0.29, 0.717) is 13.1 Å². The van der Waals surface area contributed by atoms with Crippen molar-refractivity contribution in [3.8, 4) is 5.75 Å². The molecule has 2 rings (SSSR count). The van der Waals surface area contributed by atoms with Gasteiger partial charge in [0, 0.05) is 47.1 Å². The largest absolute Gasteiger partial charge is 0.467 e. The van der Waals surface area contributed by atoms with Gasteiger partial charge in [-0.3, -0.25) is 19.4 Å². The van der Waals surface area contributed by atoms with Crippen molar-refractivity contribution in [1.82, 2.24) is 15.2 Å². The van der Waals surface area contributed by atoms with Crippen LogP contribution in [0.1, 0.15) is 26.5 Å². The normalized spacial score (nSPS) is 22.2. The van der Waals surface area contributed by atoms with Gasteiger partial charge in [0.2, 0.25) is 12.4 Å². The van der Waals surface area contributed by atoms with Crippen molar-refractivity contribution in [1.29, 1.82) is 0 Å². The second kappa shape index (κ2) is 14.8. The Kier molecular flexibility index (Phi) is 11.9. The van der Waals surface area contributed by atoms with Gasteiger partial charge < -0.3 is 43.4 Å². The predicted molar refractivity (Wildman–Crippen MR) is 129 cm³/mol. The minimum atomic E-state index is -1.63. The fraction of sp³-hybridized carbons (Fsp3) is 0.583. The molecule has 39 heavy (non-hydrogen) atoms. The van der Waals surface area contributed by atoms with E-state index in [0.717, 1.165) is 27.9 Å². The molecule has 5 atom stereocenters. The molecule has 1 amide bonds. The summed E-state index contributed by atoms with van der Waals surface area (Å²) in [4.78, 5) is 66.1. The number of rotatable bonds is 11. The summed E-state index contributed by atoms with van der Waals surface area (Å²) >= 11 is 0. The molecule has 15 heteroatoms. The SMILES string of the molecule is CNCCN(C)C(=O)OCc1ncccc1O[C@@H]1O[C@H](C(=O)OC)[C@@H](OC(C)=O)[C@H](OC(C)=O)[C@H]1OC(C)=O.